The molecule has 0 atom stereocenters. The van der Waals surface area contributed by atoms with Gasteiger partial charge in [0.2, 0.25) is 6.19 Å². The van der Waals surface area contributed by atoms with Gasteiger partial charge in [-0.15, -0.1) is 11.8 Å². The highest BCUT2D eigenvalue weighted by Gasteiger charge is 2.00. The van der Waals surface area contributed by atoms with E-state index in [4.69, 9.17) is 5.26 Å². The molecule has 2 nitrogen and oxygen atoms in total. The van der Waals surface area contributed by atoms with Crippen LogP contribution in [0.15, 0.2) is 34.2 Å². The molecule has 0 unspecified atom stereocenters. The number of aliphatic imine (C=N–C) groups is 1. The summed E-state index contributed by atoms with van der Waals surface area (Å²) in [6.45, 7) is 2.05. The summed E-state index contributed by atoms with van der Waals surface area (Å²) in [5.74, 6) is 0. The Balaban J connectivity index is 2.74. The highest BCUT2D eigenvalue weighted by Crippen LogP contribution is 2.24. The number of thioether (sulfide) groups is 2. The Bertz CT molecular complexity index is 363. The van der Waals surface area contributed by atoms with Crippen molar-refractivity contribution in [1.82, 2.24) is 0 Å². The maximum atomic E-state index is 8.43. The van der Waals surface area contributed by atoms with Crippen molar-refractivity contribution in [2.75, 3.05) is 6.26 Å². The summed E-state index contributed by atoms with van der Waals surface area (Å²) in [5.41, 5.74) is 1.23. The standard InChI is InChI=1S/C10H10N2S2/c1-8-3-5-9(6-4-8)14-10(13-2)12-7-11/h3-6H,1-2H3. The summed E-state index contributed by atoms with van der Waals surface area (Å²) in [4.78, 5) is 4.82. The minimum atomic E-state index is 0.774. The maximum absolute atomic E-state index is 8.43. The Labute approximate surface area is 92.4 Å². The third-order valence-corrected chi connectivity index (χ3v) is 3.51. The quantitative estimate of drug-likeness (QED) is 0.316. The minimum absolute atomic E-state index is 0.774. The molecule has 0 aromatic heterocycles. The number of hydrogen-bond donors (Lipinski definition) is 0. The molecule has 0 spiro atoms. The number of rotatable bonds is 1. The minimum Gasteiger partial charge on any atom is -0.170 e. The molecule has 14 heavy (non-hydrogen) atoms. The first-order chi connectivity index (χ1) is 6.76. The van der Waals surface area contributed by atoms with Crippen LogP contribution in [-0.4, -0.2) is 10.6 Å². The first kappa shape index (κ1) is 11.2. The van der Waals surface area contributed by atoms with E-state index >= 15 is 0 Å². The van der Waals surface area contributed by atoms with Gasteiger partial charge in [-0.05, 0) is 25.3 Å². The van der Waals surface area contributed by atoms with Gasteiger partial charge >= 0.3 is 0 Å². The second kappa shape index (κ2) is 5.74. The molecule has 0 saturated carbocycles. The molecule has 0 N–H and O–H groups in total. The van der Waals surface area contributed by atoms with Crippen LogP contribution in [0, 0.1) is 18.4 Å². The normalized spacial score (nSPS) is 11.1. The number of aryl methyl sites for hydroxylation is 1. The highest BCUT2D eigenvalue weighted by atomic mass is 32.2. The molecule has 0 heterocycles. The topological polar surface area (TPSA) is 36.1 Å². The van der Waals surface area contributed by atoms with Crippen molar-refractivity contribution in [1.29, 1.82) is 5.26 Å². The number of nitriles is 1. The molecule has 72 valence electrons. The van der Waals surface area contributed by atoms with E-state index in [1.165, 1.54) is 29.1 Å². The molecule has 0 saturated heterocycles. The summed E-state index contributed by atoms with van der Waals surface area (Å²) < 4.78 is 0.774. The van der Waals surface area contributed by atoms with Gasteiger partial charge in [0.15, 0.2) is 0 Å². The van der Waals surface area contributed by atoms with Crippen LogP contribution in [0.4, 0.5) is 0 Å². The predicted octanol–water partition coefficient (Wildman–Crippen LogP) is 3.29. The first-order valence-electron chi connectivity index (χ1n) is 4.01. The van der Waals surface area contributed by atoms with Crippen molar-refractivity contribution in [2.45, 2.75) is 11.8 Å². The second-order valence-corrected chi connectivity index (χ2v) is 4.71. The monoisotopic (exact) mass is 222 g/mol. The summed E-state index contributed by atoms with van der Waals surface area (Å²) in [7, 11) is 0. The van der Waals surface area contributed by atoms with Crippen LogP contribution in [0.25, 0.3) is 0 Å². The number of benzene rings is 1. The van der Waals surface area contributed by atoms with E-state index in [0.717, 1.165) is 9.27 Å². The Hall–Kier alpha value is -0.920. The van der Waals surface area contributed by atoms with Gasteiger partial charge in [0.25, 0.3) is 0 Å². The van der Waals surface area contributed by atoms with Gasteiger partial charge in [0, 0.05) is 4.90 Å². The zero-order chi connectivity index (χ0) is 10.4. The average Bonchev–Trinajstić information content (AvgIpc) is 2.20. The molecule has 0 aliphatic heterocycles. The molecule has 0 amide bonds. The maximum Gasteiger partial charge on any atom is 0.207 e. The SMILES string of the molecule is CSC(=NC#N)Sc1ccc(C)cc1. The van der Waals surface area contributed by atoms with Crippen LogP contribution in [0.5, 0.6) is 0 Å². The van der Waals surface area contributed by atoms with E-state index in [-0.39, 0.29) is 0 Å². The fraction of sp³-hybridized carbons (Fsp3) is 0.200. The second-order valence-electron chi connectivity index (χ2n) is 2.60. The van der Waals surface area contributed by atoms with Gasteiger partial charge < -0.3 is 0 Å². The molecular formula is C10H10N2S2. The van der Waals surface area contributed by atoms with Crippen molar-refractivity contribution < 1.29 is 0 Å². The lowest BCUT2D eigenvalue weighted by atomic mass is 10.2. The van der Waals surface area contributed by atoms with Gasteiger partial charge in [-0.25, -0.2) is 0 Å². The van der Waals surface area contributed by atoms with Crippen LogP contribution in [-0.2, 0) is 0 Å². The van der Waals surface area contributed by atoms with E-state index in [1.54, 1.807) is 6.19 Å². The van der Waals surface area contributed by atoms with Crippen molar-refractivity contribution in [3.8, 4) is 6.19 Å². The summed E-state index contributed by atoms with van der Waals surface area (Å²) in [5, 5.41) is 8.43. The Kier molecular flexibility index (Phi) is 4.57. The Morgan fingerprint density at radius 2 is 2.00 bits per heavy atom. The van der Waals surface area contributed by atoms with Crippen LogP contribution >= 0.6 is 23.5 Å². The summed E-state index contributed by atoms with van der Waals surface area (Å²) >= 11 is 3.00. The zero-order valence-corrected chi connectivity index (χ0v) is 9.65. The lowest BCUT2D eigenvalue weighted by Gasteiger charge is -2.00. The number of nitrogens with zero attached hydrogens (tertiary/aromatic N) is 2. The molecule has 0 aliphatic rings. The first-order valence-corrected chi connectivity index (χ1v) is 6.05. The lowest BCUT2D eigenvalue weighted by Crippen LogP contribution is -1.83. The van der Waals surface area contributed by atoms with Crippen molar-refractivity contribution in [3.63, 3.8) is 0 Å². The molecule has 0 fully saturated rings. The lowest BCUT2D eigenvalue weighted by molar-refractivity contribution is 1.38. The fourth-order valence-electron chi connectivity index (χ4n) is 0.858. The molecule has 0 bridgehead atoms. The van der Waals surface area contributed by atoms with Crippen LogP contribution in [0.1, 0.15) is 5.56 Å². The average molecular weight is 222 g/mol. The van der Waals surface area contributed by atoms with E-state index < -0.39 is 0 Å². The van der Waals surface area contributed by atoms with E-state index in [1.807, 2.05) is 37.4 Å². The van der Waals surface area contributed by atoms with Crippen molar-refractivity contribution >= 4 is 27.9 Å². The number of hydrogen-bond acceptors (Lipinski definition) is 4. The van der Waals surface area contributed by atoms with Crippen LogP contribution in [0.3, 0.4) is 0 Å². The smallest absolute Gasteiger partial charge is 0.170 e. The molecule has 4 heteroatoms. The molecule has 0 radical (unpaired) electrons. The van der Waals surface area contributed by atoms with Crippen LogP contribution < -0.4 is 0 Å². The predicted molar refractivity (Wildman–Crippen MR) is 63.6 cm³/mol. The zero-order valence-electron chi connectivity index (χ0n) is 8.02. The van der Waals surface area contributed by atoms with E-state index in [9.17, 15) is 0 Å². The Morgan fingerprint density at radius 1 is 1.36 bits per heavy atom. The molecule has 0 aliphatic carbocycles. The largest absolute Gasteiger partial charge is 0.207 e. The van der Waals surface area contributed by atoms with Crippen molar-refractivity contribution in [2.24, 2.45) is 4.99 Å². The molecule has 1 aromatic rings. The van der Waals surface area contributed by atoms with Gasteiger partial charge in [-0.3, -0.25) is 0 Å². The van der Waals surface area contributed by atoms with Crippen molar-refractivity contribution in [3.05, 3.63) is 29.8 Å². The van der Waals surface area contributed by atoms with E-state index in [2.05, 4.69) is 4.99 Å². The third kappa shape index (κ3) is 3.44. The van der Waals surface area contributed by atoms with Gasteiger partial charge in [-0.1, -0.05) is 29.5 Å². The molecule has 1 aromatic carbocycles. The van der Waals surface area contributed by atoms with Crippen LogP contribution in [0.2, 0.25) is 0 Å². The summed E-state index contributed by atoms with van der Waals surface area (Å²) in [6, 6.07) is 8.16. The fourth-order valence-corrected chi connectivity index (χ4v) is 2.17. The van der Waals surface area contributed by atoms with E-state index in [0.29, 0.717) is 0 Å². The molecular weight excluding hydrogens is 212 g/mol. The Morgan fingerprint density at radius 3 is 2.50 bits per heavy atom. The third-order valence-electron chi connectivity index (χ3n) is 1.54. The summed E-state index contributed by atoms with van der Waals surface area (Å²) in [6.07, 6.45) is 3.71. The van der Waals surface area contributed by atoms with Gasteiger partial charge in [-0.2, -0.15) is 10.3 Å². The molecule has 1 rings (SSSR count). The van der Waals surface area contributed by atoms with Gasteiger partial charge in [0.05, 0.1) is 0 Å². The highest BCUT2D eigenvalue weighted by molar-refractivity contribution is 8.38. The van der Waals surface area contributed by atoms with Gasteiger partial charge in [0.1, 0.15) is 4.38 Å².